The molecule has 0 heterocycles. The Labute approximate surface area is 151 Å². The molecular weight excluding hydrogens is 332 g/mol. The Kier molecular flexibility index (Phi) is 19.0. The molecule has 0 bridgehead atoms. The summed E-state index contributed by atoms with van der Waals surface area (Å²) in [6.07, 6.45) is 0.496. The molecule has 0 aromatic carbocycles. The zero-order chi connectivity index (χ0) is 18.6. The van der Waals surface area contributed by atoms with Gasteiger partial charge < -0.3 is 33.2 Å². The monoisotopic (exact) mass is 366 g/mol. The molecular formula is C17H34O8. The highest BCUT2D eigenvalue weighted by molar-refractivity contribution is 5.69. The summed E-state index contributed by atoms with van der Waals surface area (Å²) in [5, 5.41) is 0. The van der Waals surface area contributed by atoms with Crippen LogP contribution in [0.4, 0.5) is 0 Å². The summed E-state index contributed by atoms with van der Waals surface area (Å²) < 4.78 is 36.5. The number of methoxy groups -OCH3 is 1. The molecule has 0 aliphatic carbocycles. The van der Waals surface area contributed by atoms with Gasteiger partial charge in [-0.15, -0.1) is 0 Å². The van der Waals surface area contributed by atoms with Crippen LogP contribution in [0.3, 0.4) is 0 Å². The summed E-state index contributed by atoms with van der Waals surface area (Å²) in [5.74, 6) is -0.275. The van der Waals surface area contributed by atoms with Gasteiger partial charge in [-0.3, -0.25) is 4.79 Å². The van der Waals surface area contributed by atoms with Gasteiger partial charge in [0.25, 0.3) is 0 Å². The number of rotatable bonds is 19. The number of carbonyl (C=O) groups excluding carboxylic acids is 1. The topological polar surface area (TPSA) is 81.7 Å². The molecule has 8 nitrogen and oxygen atoms in total. The smallest absolute Gasteiger partial charge is 0.307 e. The second kappa shape index (κ2) is 19.6. The van der Waals surface area contributed by atoms with E-state index < -0.39 is 0 Å². The van der Waals surface area contributed by atoms with Gasteiger partial charge in [0.2, 0.25) is 0 Å². The highest BCUT2D eigenvalue weighted by atomic mass is 16.6. The zero-order valence-electron chi connectivity index (χ0n) is 15.8. The maximum Gasteiger partial charge on any atom is 0.307 e. The number of esters is 1. The van der Waals surface area contributed by atoms with E-state index in [1.807, 2.05) is 13.8 Å². The summed E-state index contributed by atoms with van der Waals surface area (Å²) in [7, 11) is 1.36. The van der Waals surface area contributed by atoms with Crippen LogP contribution in [-0.2, 0) is 38.0 Å². The van der Waals surface area contributed by atoms with E-state index in [0.29, 0.717) is 72.7 Å². The van der Waals surface area contributed by atoms with Crippen LogP contribution in [0, 0.1) is 0 Å². The van der Waals surface area contributed by atoms with Gasteiger partial charge in [-0.1, -0.05) is 0 Å². The Balaban J connectivity index is 3.02. The van der Waals surface area contributed by atoms with Crippen LogP contribution in [0.25, 0.3) is 0 Å². The van der Waals surface area contributed by atoms with Gasteiger partial charge in [0.05, 0.1) is 92.3 Å². The molecule has 150 valence electrons. The molecule has 0 spiro atoms. The maximum atomic E-state index is 10.8. The fourth-order valence-electron chi connectivity index (χ4n) is 1.58. The van der Waals surface area contributed by atoms with Crippen LogP contribution in [0.15, 0.2) is 0 Å². The summed E-state index contributed by atoms with van der Waals surface area (Å²) in [6.45, 7) is 9.61. The first-order chi connectivity index (χ1) is 12.2. The Hall–Kier alpha value is -0.770. The molecule has 0 aromatic rings. The Morgan fingerprint density at radius 2 is 1.00 bits per heavy atom. The fraction of sp³-hybridized carbons (Fsp3) is 0.941. The number of hydrogen-bond donors (Lipinski definition) is 0. The van der Waals surface area contributed by atoms with Crippen LogP contribution in [0.2, 0.25) is 0 Å². The lowest BCUT2D eigenvalue weighted by atomic mass is 10.5. The third-order valence-electron chi connectivity index (χ3n) is 2.85. The van der Waals surface area contributed by atoms with Crippen molar-refractivity contribution in [2.45, 2.75) is 26.4 Å². The van der Waals surface area contributed by atoms with E-state index in [0.717, 1.165) is 0 Å². The average Bonchev–Trinajstić information content (AvgIpc) is 2.60. The van der Waals surface area contributed by atoms with E-state index in [9.17, 15) is 4.79 Å². The molecule has 0 fully saturated rings. The van der Waals surface area contributed by atoms with E-state index in [2.05, 4.69) is 4.74 Å². The van der Waals surface area contributed by atoms with Crippen molar-refractivity contribution in [1.82, 2.24) is 0 Å². The predicted molar refractivity (Wildman–Crippen MR) is 91.8 cm³/mol. The largest absolute Gasteiger partial charge is 0.469 e. The van der Waals surface area contributed by atoms with Gasteiger partial charge in [-0.25, -0.2) is 0 Å². The maximum absolute atomic E-state index is 10.8. The number of ether oxygens (including phenoxy) is 7. The standard InChI is InChI=1S/C17H34O8/c1-16(2)25-15-14-24-13-12-23-11-10-22-9-8-21-7-6-20-5-4-17(18)19-3/h16H,4-15H2,1-3H3. The molecule has 0 amide bonds. The normalized spacial score (nSPS) is 11.2. The Bertz CT molecular complexity index is 286. The van der Waals surface area contributed by atoms with Gasteiger partial charge >= 0.3 is 5.97 Å². The van der Waals surface area contributed by atoms with Crippen LogP contribution >= 0.6 is 0 Å². The van der Waals surface area contributed by atoms with E-state index in [1.54, 1.807) is 0 Å². The molecule has 0 aliphatic heterocycles. The van der Waals surface area contributed by atoms with Gasteiger partial charge in [0.15, 0.2) is 0 Å². The number of carbonyl (C=O) groups is 1. The lowest BCUT2D eigenvalue weighted by Crippen LogP contribution is -2.15. The SMILES string of the molecule is COC(=O)CCOCCOCCOCCOCCOCCOC(C)C. The minimum absolute atomic E-state index is 0.236. The molecule has 0 N–H and O–H groups in total. The van der Waals surface area contributed by atoms with Gasteiger partial charge in [-0.2, -0.15) is 0 Å². The fourth-order valence-corrected chi connectivity index (χ4v) is 1.58. The highest BCUT2D eigenvalue weighted by Crippen LogP contribution is 1.89. The second-order valence-corrected chi connectivity index (χ2v) is 5.31. The third-order valence-corrected chi connectivity index (χ3v) is 2.85. The molecule has 0 saturated heterocycles. The Morgan fingerprint density at radius 1 is 0.640 bits per heavy atom. The lowest BCUT2D eigenvalue weighted by Gasteiger charge is -2.09. The van der Waals surface area contributed by atoms with Crippen molar-refractivity contribution in [2.75, 3.05) is 79.8 Å². The molecule has 0 saturated carbocycles. The van der Waals surface area contributed by atoms with Crippen molar-refractivity contribution in [3.63, 3.8) is 0 Å². The van der Waals surface area contributed by atoms with Crippen molar-refractivity contribution in [3.8, 4) is 0 Å². The molecule has 0 radical (unpaired) electrons. The van der Waals surface area contributed by atoms with E-state index in [4.69, 9.17) is 28.4 Å². The third kappa shape index (κ3) is 21.2. The molecule has 0 rings (SSSR count). The van der Waals surface area contributed by atoms with Gasteiger partial charge in [0, 0.05) is 0 Å². The van der Waals surface area contributed by atoms with Crippen molar-refractivity contribution in [1.29, 1.82) is 0 Å². The predicted octanol–water partition coefficient (Wildman–Crippen LogP) is 1.06. The molecule has 0 aromatic heterocycles. The van der Waals surface area contributed by atoms with Crippen LogP contribution in [0.5, 0.6) is 0 Å². The first kappa shape index (κ1) is 24.2. The van der Waals surface area contributed by atoms with Crippen molar-refractivity contribution < 1.29 is 38.0 Å². The van der Waals surface area contributed by atoms with Gasteiger partial charge in [0.1, 0.15) is 0 Å². The van der Waals surface area contributed by atoms with Gasteiger partial charge in [-0.05, 0) is 13.8 Å². The van der Waals surface area contributed by atoms with E-state index in [1.165, 1.54) is 7.11 Å². The highest BCUT2D eigenvalue weighted by Gasteiger charge is 1.99. The lowest BCUT2D eigenvalue weighted by molar-refractivity contribution is -0.141. The number of hydrogen-bond acceptors (Lipinski definition) is 8. The quantitative estimate of drug-likeness (QED) is 0.248. The molecule has 0 aliphatic rings. The van der Waals surface area contributed by atoms with Crippen molar-refractivity contribution in [2.24, 2.45) is 0 Å². The minimum Gasteiger partial charge on any atom is -0.469 e. The summed E-state index contributed by atoms with van der Waals surface area (Å²) in [6, 6.07) is 0. The van der Waals surface area contributed by atoms with Crippen LogP contribution in [-0.4, -0.2) is 91.9 Å². The molecule has 0 atom stereocenters. The minimum atomic E-state index is -0.275. The zero-order valence-corrected chi connectivity index (χ0v) is 15.8. The molecule has 0 unspecified atom stereocenters. The summed E-state index contributed by atoms with van der Waals surface area (Å²) in [5.41, 5.74) is 0. The van der Waals surface area contributed by atoms with E-state index >= 15 is 0 Å². The first-order valence-electron chi connectivity index (χ1n) is 8.74. The van der Waals surface area contributed by atoms with Crippen LogP contribution < -0.4 is 0 Å². The van der Waals surface area contributed by atoms with Crippen molar-refractivity contribution >= 4 is 5.97 Å². The molecule has 25 heavy (non-hydrogen) atoms. The average molecular weight is 366 g/mol. The molecule has 8 heteroatoms. The Morgan fingerprint density at radius 3 is 1.36 bits per heavy atom. The second-order valence-electron chi connectivity index (χ2n) is 5.31. The van der Waals surface area contributed by atoms with Crippen LogP contribution in [0.1, 0.15) is 20.3 Å². The first-order valence-corrected chi connectivity index (χ1v) is 8.74. The van der Waals surface area contributed by atoms with Crippen molar-refractivity contribution in [3.05, 3.63) is 0 Å². The summed E-state index contributed by atoms with van der Waals surface area (Å²) >= 11 is 0. The summed E-state index contributed by atoms with van der Waals surface area (Å²) in [4.78, 5) is 10.8. The van der Waals surface area contributed by atoms with E-state index in [-0.39, 0.29) is 18.5 Å².